The van der Waals surface area contributed by atoms with Crippen molar-refractivity contribution >= 4 is 73.0 Å². The lowest BCUT2D eigenvalue weighted by molar-refractivity contribution is 0.125. The summed E-state index contributed by atoms with van der Waals surface area (Å²) in [7, 11) is 0. The van der Waals surface area contributed by atoms with E-state index in [9.17, 15) is 14.3 Å². The van der Waals surface area contributed by atoms with Crippen LogP contribution in [-0.2, 0) is 5.41 Å². The molecule has 11 heteroatoms. The van der Waals surface area contributed by atoms with E-state index in [2.05, 4.69) is 41.3 Å². The number of hydrogen-bond donors (Lipinski definition) is 3. The maximum Gasteiger partial charge on any atom is 0.325 e. The predicted molar refractivity (Wildman–Crippen MR) is 171 cm³/mol. The Morgan fingerprint density at radius 1 is 1.12 bits per heavy atom. The zero-order valence-electron chi connectivity index (χ0n) is 23.6. The smallest absolute Gasteiger partial charge is 0.325 e. The molecular formula is C31H32Cl2FN5O2S. The van der Waals surface area contributed by atoms with Crippen LogP contribution in [0.2, 0.25) is 10.0 Å². The molecule has 0 aliphatic carbocycles. The van der Waals surface area contributed by atoms with E-state index in [1.165, 1.54) is 17.4 Å². The van der Waals surface area contributed by atoms with Gasteiger partial charge in [-0.1, -0.05) is 67.4 Å². The number of fused-ring (bicyclic) bond motifs is 3. The second kappa shape index (κ2) is 10.9. The molecule has 2 aliphatic rings. The summed E-state index contributed by atoms with van der Waals surface area (Å²) < 4.78 is 15.8. The molecule has 3 N–H and O–H groups in total. The van der Waals surface area contributed by atoms with E-state index < -0.39 is 17.6 Å². The van der Waals surface area contributed by atoms with Gasteiger partial charge in [0.1, 0.15) is 0 Å². The van der Waals surface area contributed by atoms with Gasteiger partial charge in [0.05, 0.1) is 27.3 Å². The third-order valence-electron chi connectivity index (χ3n) is 7.97. The molecule has 42 heavy (non-hydrogen) atoms. The van der Waals surface area contributed by atoms with Gasteiger partial charge in [0.25, 0.3) is 0 Å². The van der Waals surface area contributed by atoms with E-state index in [4.69, 9.17) is 23.2 Å². The number of phenols is 1. The number of anilines is 4. The fourth-order valence-electron chi connectivity index (χ4n) is 6.27. The number of para-hydroxylation sites is 2. The van der Waals surface area contributed by atoms with Crippen LogP contribution < -0.4 is 15.5 Å². The lowest BCUT2D eigenvalue weighted by Crippen LogP contribution is -2.47. The highest BCUT2D eigenvalue weighted by Gasteiger charge is 2.49. The first-order valence-corrected chi connectivity index (χ1v) is 15.4. The lowest BCUT2D eigenvalue weighted by Gasteiger charge is -2.42. The number of nitrogens with one attached hydrogen (secondary N) is 2. The summed E-state index contributed by atoms with van der Waals surface area (Å²) in [5.74, 6) is -1.21. The van der Waals surface area contributed by atoms with Gasteiger partial charge in [0.2, 0.25) is 0 Å². The molecule has 2 amide bonds. The first kappa shape index (κ1) is 29.0. The Labute approximate surface area is 258 Å². The van der Waals surface area contributed by atoms with Crippen molar-refractivity contribution in [3.8, 4) is 5.75 Å². The number of urea groups is 1. The van der Waals surface area contributed by atoms with Crippen LogP contribution in [0.5, 0.6) is 5.75 Å². The molecule has 0 saturated carbocycles. The van der Waals surface area contributed by atoms with Crippen LogP contribution in [0.4, 0.5) is 31.4 Å². The fourth-order valence-corrected chi connectivity index (χ4v) is 7.79. The number of halogens is 3. The number of aromatic hydroxyl groups is 1. The molecule has 0 atom stereocenters. The number of rotatable bonds is 4. The van der Waals surface area contributed by atoms with Crippen LogP contribution in [0.3, 0.4) is 0 Å². The molecule has 1 aromatic heterocycles. The van der Waals surface area contributed by atoms with Gasteiger partial charge in [-0.25, -0.2) is 14.2 Å². The Morgan fingerprint density at radius 3 is 2.60 bits per heavy atom. The third-order valence-corrected chi connectivity index (χ3v) is 9.43. The summed E-state index contributed by atoms with van der Waals surface area (Å²) in [5.41, 5.74) is 2.81. The van der Waals surface area contributed by atoms with Crippen molar-refractivity contribution < 1.29 is 14.3 Å². The minimum atomic E-state index is -0.773. The van der Waals surface area contributed by atoms with E-state index in [0.29, 0.717) is 38.8 Å². The van der Waals surface area contributed by atoms with Crippen molar-refractivity contribution in [1.29, 1.82) is 0 Å². The molecule has 220 valence electrons. The predicted octanol–water partition coefficient (Wildman–Crippen LogP) is 8.62. The number of aromatic nitrogens is 1. The molecule has 6 rings (SSSR count). The SMILES string of the molecule is CC(C)(C)CN1CCC2(CC1)CN(c1ccccc1NC(=O)Nc1nc3ccc(Cl)cc3s1)c1c(O)c(F)cc(Cl)c12. The molecule has 0 unspecified atom stereocenters. The molecule has 0 radical (unpaired) electrons. The largest absolute Gasteiger partial charge is 0.503 e. The zero-order valence-corrected chi connectivity index (χ0v) is 25.9. The highest BCUT2D eigenvalue weighted by atomic mass is 35.5. The topological polar surface area (TPSA) is 80.7 Å². The molecule has 4 aromatic rings. The molecule has 0 bridgehead atoms. The number of hydrogen-bond acceptors (Lipinski definition) is 6. The van der Waals surface area contributed by atoms with Crippen molar-refractivity contribution in [2.45, 2.75) is 39.0 Å². The number of likely N-dealkylation sites (tertiary alicyclic amines) is 1. The van der Waals surface area contributed by atoms with Crippen LogP contribution in [0.25, 0.3) is 10.2 Å². The first-order valence-electron chi connectivity index (χ1n) is 13.9. The van der Waals surface area contributed by atoms with E-state index in [1.54, 1.807) is 24.3 Å². The number of carbonyl (C=O) groups excluding carboxylic acids is 1. The first-order chi connectivity index (χ1) is 19.9. The minimum Gasteiger partial charge on any atom is -0.503 e. The average molecular weight is 629 g/mol. The van der Waals surface area contributed by atoms with Crippen molar-refractivity contribution in [3.05, 3.63) is 70.0 Å². The number of nitrogens with zero attached hydrogens (tertiary/aromatic N) is 3. The van der Waals surface area contributed by atoms with E-state index >= 15 is 0 Å². The molecule has 2 aliphatic heterocycles. The lowest BCUT2D eigenvalue weighted by atomic mass is 9.74. The Kier molecular flexibility index (Phi) is 7.50. The van der Waals surface area contributed by atoms with Gasteiger partial charge in [-0.3, -0.25) is 5.32 Å². The van der Waals surface area contributed by atoms with Gasteiger partial charge in [-0.05, 0) is 67.7 Å². The maximum atomic E-state index is 14.9. The molecule has 1 fully saturated rings. The summed E-state index contributed by atoms with van der Waals surface area (Å²) in [6, 6.07) is 13.4. The maximum absolute atomic E-state index is 14.9. The normalized spacial score (nSPS) is 16.7. The summed E-state index contributed by atoms with van der Waals surface area (Å²) in [5, 5.41) is 18.1. The van der Waals surface area contributed by atoms with E-state index in [0.717, 1.165) is 48.3 Å². The number of phenolic OH excluding ortho intramolecular Hbond substituents is 1. The highest BCUT2D eigenvalue weighted by molar-refractivity contribution is 7.22. The third kappa shape index (κ3) is 5.51. The fraction of sp³-hybridized carbons (Fsp3) is 0.355. The minimum absolute atomic E-state index is 0.173. The van der Waals surface area contributed by atoms with Crippen LogP contribution in [-0.4, -0.2) is 47.2 Å². The highest BCUT2D eigenvalue weighted by Crippen LogP contribution is 2.57. The monoisotopic (exact) mass is 627 g/mol. The van der Waals surface area contributed by atoms with Crippen LogP contribution in [0, 0.1) is 11.2 Å². The Morgan fingerprint density at radius 2 is 1.86 bits per heavy atom. The van der Waals surface area contributed by atoms with E-state index in [-0.39, 0.29) is 10.8 Å². The summed E-state index contributed by atoms with van der Waals surface area (Å²) in [6.07, 6.45) is 1.63. The van der Waals surface area contributed by atoms with Crippen molar-refractivity contribution in [1.82, 2.24) is 9.88 Å². The van der Waals surface area contributed by atoms with Gasteiger partial charge >= 0.3 is 6.03 Å². The molecule has 1 spiro atoms. The quantitative estimate of drug-likeness (QED) is 0.211. The molecule has 3 aromatic carbocycles. The van der Waals surface area contributed by atoms with Crippen molar-refractivity contribution in [2.75, 3.05) is 41.7 Å². The summed E-state index contributed by atoms with van der Waals surface area (Å²) >= 11 is 14.2. The second-order valence-corrected chi connectivity index (χ2v) is 14.2. The second-order valence-electron chi connectivity index (χ2n) is 12.3. The van der Waals surface area contributed by atoms with Gasteiger partial charge in [0, 0.05) is 34.1 Å². The molecule has 3 heterocycles. The van der Waals surface area contributed by atoms with Gasteiger partial charge in [-0.2, -0.15) is 0 Å². The molecule has 1 saturated heterocycles. The number of benzene rings is 3. The van der Waals surface area contributed by atoms with Gasteiger partial charge < -0.3 is 20.2 Å². The van der Waals surface area contributed by atoms with E-state index in [1.807, 2.05) is 23.1 Å². The van der Waals surface area contributed by atoms with Crippen molar-refractivity contribution in [3.63, 3.8) is 0 Å². The van der Waals surface area contributed by atoms with Crippen LogP contribution >= 0.6 is 34.5 Å². The molecule has 7 nitrogen and oxygen atoms in total. The Bertz CT molecular complexity index is 1680. The Balaban J connectivity index is 1.30. The van der Waals surface area contributed by atoms with Gasteiger partial charge in [-0.15, -0.1) is 0 Å². The molecular weight excluding hydrogens is 596 g/mol. The number of thiazole rings is 1. The summed E-state index contributed by atoms with van der Waals surface area (Å²) in [4.78, 5) is 21.9. The number of amides is 2. The number of piperidine rings is 1. The standard InChI is InChI=1S/C31H32Cl2FN5O2S/c1-30(2,3)16-38-12-10-31(11-13-38)17-39(26-25(31)19(33)15-20(34)27(26)40)23-7-5-4-6-21(23)35-28(41)37-29-36-22-9-8-18(32)14-24(22)42-29/h4-9,14-15,40H,10-13,16-17H2,1-3H3,(H2,35,36,37,41). The number of carbonyl (C=O) groups is 1. The zero-order chi connectivity index (χ0) is 29.8. The summed E-state index contributed by atoms with van der Waals surface area (Å²) in [6.45, 7) is 9.91. The van der Waals surface area contributed by atoms with Crippen LogP contribution in [0.1, 0.15) is 39.2 Å². The van der Waals surface area contributed by atoms with Gasteiger partial charge in [0.15, 0.2) is 16.7 Å². The Hall–Kier alpha value is -3.11. The van der Waals surface area contributed by atoms with Crippen LogP contribution in [0.15, 0.2) is 48.5 Å². The van der Waals surface area contributed by atoms with Crippen molar-refractivity contribution in [2.24, 2.45) is 5.41 Å². The average Bonchev–Trinajstić information content (AvgIpc) is 3.46.